The Bertz CT molecular complexity index is 480. The minimum absolute atomic E-state index is 0.213. The molecule has 3 rings (SSSR count). The van der Waals surface area contributed by atoms with Gasteiger partial charge in [-0.3, -0.25) is 4.79 Å². The second-order valence-corrected chi connectivity index (χ2v) is 6.16. The summed E-state index contributed by atoms with van der Waals surface area (Å²) in [4.78, 5) is 13.0. The molecule has 0 N–H and O–H groups in total. The van der Waals surface area contributed by atoms with Gasteiger partial charge in [0.25, 0.3) is 0 Å². The zero-order valence-corrected chi connectivity index (χ0v) is 12.3. The lowest BCUT2D eigenvalue weighted by Crippen LogP contribution is -2.34. The lowest BCUT2D eigenvalue weighted by Gasteiger charge is -2.34. The number of benzene rings is 1. The van der Waals surface area contributed by atoms with Crippen molar-refractivity contribution in [1.82, 2.24) is 0 Å². The van der Waals surface area contributed by atoms with Crippen LogP contribution in [0.3, 0.4) is 0 Å². The first-order valence-corrected chi connectivity index (χ1v) is 8.04. The van der Waals surface area contributed by atoms with Crippen molar-refractivity contribution in [2.75, 3.05) is 6.61 Å². The van der Waals surface area contributed by atoms with Gasteiger partial charge in [0.1, 0.15) is 6.10 Å². The summed E-state index contributed by atoms with van der Waals surface area (Å²) < 4.78 is 5.86. The second kappa shape index (κ2) is 6.09. The smallest absolute Gasteiger partial charge is 0.169 e. The molecule has 2 nitrogen and oxygen atoms in total. The fourth-order valence-electron chi connectivity index (χ4n) is 3.89. The van der Waals surface area contributed by atoms with Crippen molar-refractivity contribution < 1.29 is 9.53 Å². The van der Waals surface area contributed by atoms with E-state index in [1.165, 1.54) is 24.8 Å². The Hall–Kier alpha value is -1.15. The number of fused-ring (bicyclic) bond motifs is 1. The number of hydrogen-bond donors (Lipinski definition) is 0. The van der Waals surface area contributed by atoms with Crippen LogP contribution in [0.25, 0.3) is 0 Å². The van der Waals surface area contributed by atoms with E-state index in [-0.39, 0.29) is 12.0 Å². The number of Topliss-reactive ketones (excluding diaryl/α,β-unsaturated/α-hetero) is 1. The molecule has 1 saturated carbocycles. The Kier molecular flexibility index (Phi) is 4.21. The molecule has 0 amide bonds. The summed E-state index contributed by atoms with van der Waals surface area (Å²) in [6, 6.07) is 8.28. The van der Waals surface area contributed by atoms with Crippen LogP contribution >= 0.6 is 0 Å². The normalized spacial score (nSPS) is 29.8. The van der Waals surface area contributed by atoms with Gasteiger partial charge < -0.3 is 4.74 Å². The molecule has 3 atom stereocenters. The molecule has 1 fully saturated rings. The summed E-state index contributed by atoms with van der Waals surface area (Å²) in [5, 5.41) is 0. The van der Waals surface area contributed by atoms with E-state index in [9.17, 15) is 4.79 Å². The van der Waals surface area contributed by atoms with Crippen LogP contribution in [0, 0.1) is 11.8 Å². The molecular weight excluding hydrogens is 248 g/mol. The molecule has 1 heterocycles. The van der Waals surface area contributed by atoms with Gasteiger partial charge in [-0.25, -0.2) is 0 Å². The van der Waals surface area contributed by atoms with Gasteiger partial charge >= 0.3 is 0 Å². The lowest BCUT2D eigenvalue weighted by atomic mass is 9.73. The van der Waals surface area contributed by atoms with Crippen LogP contribution in [0.5, 0.6) is 0 Å². The Morgan fingerprint density at radius 2 is 2.05 bits per heavy atom. The molecule has 2 heteroatoms. The summed E-state index contributed by atoms with van der Waals surface area (Å²) in [5.41, 5.74) is 2.41. The van der Waals surface area contributed by atoms with Crippen molar-refractivity contribution in [2.24, 2.45) is 11.8 Å². The molecule has 108 valence electrons. The van der Waals surface area contributed by atoms with E-state index in [0.717, 1.165) is 24.8 Å². The summed E-state index contributed by atoms with van der Waals surface area (Å²) in [7, 11) is 0. The standard InChI is InChI=1S/C18H24O2/c1-2-13-7-3-5-9-15(13)17(19)18-16-10-6-4-8-14(16)11-12-20-18/h4,6,8,10,13,15,18H,2-3,5,7,9,11-12H2,1H3. The third-order valence-corrected chi connectivity index (χ3v) is 5.05. The van der Waals surface area contributed by atoms with E-state index in [1.54, 1.807) is 0 Å². The first-order chi connectivity index (χ1) is 9.81. The first kappa shape index (κ1) is 13.8. The predicted octanol–water partition coefficient (Wildman–Crippen LogP) is 4.09. The number of rotatable bonds is 3. The zero-order chi connectivity index (χ0) is 13.9. The molecule has 0 spiro atoms. The van der Waals surface area contributed by atoms with Crippen LogP contribution in [-0.4, -0.2) is 12.4 Å². The second-order valence-electron chi connectivity index (χ2n) is 6.16. The van der Waals surface area contributed by atoms with Gasteiger partial charge in [-0.15, -0.1) is 0 Å². The summed E-state index contributed by atoms with van der Waals surface area (Å²) in [6.07, 6.45) is 6.48. The highest BCUT2D eigenvalue weighted by Gasteiger charge is 2.36. The van der Waals surface area contributed by atoms with E-state index < -0.39 is 0 Å². The number of ketones is 1. The molecule has 3 unspecified atom stereocenters. The molecule has 1 aliphatic carbocycles. The average molecular weight is 272 g/mol. The number of ether oxygens (including phenoxy) is 1. The first-order valence-electron chi connectivity index (χ1n) is 8.04. The van der Waals surface area contributed by atoms with E-state index >= 15 is 0 Å². The largest absolute Gasteiger partial charge is 0.365 e. The van der Waals surface area contributed by atoms with Crippen LogP contribution in [-0.2, 0) is 16.0 Å². The molecule has 1 aromatic carbocycles. The zero-order valence-electron chi connectivity index (χ0n) is 12.3. The minimum atomic E-state index is -0.308. The third kappa shape index (κ3) is 2.54. The van der Waals surface area contributed by atoms with Gasteiger partial charge in [0.15, 0.2) is 5.78 Å². The summed E-state index contributed by atoms with van der Waals surface area (Å²) in [5.74, 6) is 1.11. The minimum Gasteiger partial charge on any atom is -0.365 e. The topological polar surface area (TPSA) is 26.3 Å². The number of carbonyl (C=O) groups excluding carboxylic acids is 1. The molecule has 1 aromatic rings. The van der Waals surface area contributed by atoms with Crippen molar-refractivity contribution in [3.05, 3.63) is 35.4 Å². The van der Waals surface area contributed by atoms with Crippen LogP contribution in [0.4, 0.5) is 0 Å². The highest BCUT2D eigenvalue weighted by Crippen LogP contribution is 2.38. The van der Waals surface area contributed by atoms with Gasteiger partial charge in [0, 0.05) is 5.92 Å². The van der Waals surface area contributed by atoms with Gasteiger partial charge in [-0.2, -0.15) is 0 Å². The Morgan fingerprint density at radius 1 is 1.25 bits per heavy atom. The number of carbonyl (C=O) groups is 1. The van der Waals surface area contributed by atoms with Crippen molar-refractivity contribution >= 4 is 5.78 Å². The molecule has 0 bridgehead atoms. The highest BCUT2D eigenvalue weighted by molar-refractivity contribution is 5.87. The molecule has 20 heavy (non-hydrogen) atoms. The SMILES string of the molecule is CCC1CCCCC1C(=O)C1OCCc2ccccc21. The van der Waals surface area contributed by atoms with Crippen LogP contribution in [0.15, 0.2) is 24.3 Å². The van der Waals surface area contributed by atoms with Crippen molar-refractivity contribution in [2.45, 2.75) is 51.6 Å². The Morgan fingerprint density at radius 3 is 2.90 bits per heavy atom. The van der Waals surface area contributed by atoms with Gasteiger partial charge in [-0.05, 0) is 36.3 Å². The van der Waals surface area contributed by atoms with Crippen LogP contribution in [0.1, 0.15) is 56.3 Å². The van der Waals surface area contributed by atoms with E-state index in [1.807, 2.05) is 6.07 Å². The fraction of sp³-hybridized carbons (Fsp3) is 0.611. The van der Waals surface area contributed by atoms with Crippen molar-refractivity contribution in [1.29, 1.82) is 0 Å². The Balaban J connectivity index is 1.84. The maximum absolute atomic E-state index is 13.0. The maximum Gasteiger partial charge on any atom is 0.169 e. The monoisotopic (exact) mass is 272 g/mol. The van der Waals surface area contributed by atoms with E-state index in [0.29, 0.717) is 18.3 Å². The predicted molar refractivity (Wildman–Crippen MR) is 79.6 cm³/mol. The quantitative estimate of drug-likeness (QED) is 0.828. The molecule has 0 saturated heterocycles. The van der Waals surface area contributed by atoms with Crippen LogP contribution in [0.2, 0.25) is 0 Å². The molecule has 2 aliphatic rings. The molecule has 0 radical (unpaired) electrons. The van der Waals surface area contributed by atoms with Gasteiger partial charge in [-0.1, -0.05) is 50.5 Å². The van der Waals surface area contributed by atoms with Crippen LogP contribution < -0.4 is 0 Å². The van der Waals surface area contributed by atoms with E-state index in [2.05, 4.69) is 25.1 Å². The van der Waals surface area contributed by atoms with Crippen molar-refractivity contribution in [3.63, 3.8) is 0 Å². The average Bonchev–Trinajstić information content (AvgIpc) is 2.53. The van der Waals surface area contributed by atoms with Crippen molar-refractivity contribution in [3.8, 4) is 0 Å². The maximum atomic E-state index is 13.0. The molecular formula is C18H24O2. The Labute approximate surface area is 121 Å². The van der Waals surface area contributed by atoms with Gasteiger partial charge in [0.05, 0.1) is 6.61 Å². The molecule has 1 aliphatic heterocycles. The van der Waals surface area contributed by atoms with Gasteiger partial charge in [0.2, 0.25) is 0 Å². The lowest BCUT2D eigenvalue weighted by molar-refractivity contribution is -0.139. The molecule has 0 aromatic heterocycles. The van der Waals surface area contributed by atoms with E-state index in [4.69, 9.17) is 4.74 Å². The summed E-state index contributed by atoms with van der Waals surface area (Å²) in [6.45, 7) is 2.89. The number of hydrogen-bond acceptors (Lipinski definition) is 2. The third-order valence-electron chi connectivity index (χ3n) is 5.05. The highest BCUT2D eigenvalue weighted by atomic mass is 16.5. The summed E-state index contributed by atoms with van der Waals surface area (Å²) >= 11 is 0. The fourth-order valence-corrected chi connectivity index (χ4v) is 3.89.